The summed E-state index contributed by atoms with van der Waals surface area (Å²) in [6.45, 7) is 4.04. The number of pyridine rings is 1. The number of hydrogen-bond donors (Lipinski definition) is 2. The normalized spacial score (nSPS) is 10.4. The van der Waals surface area contributed by atoms with Gasteiger partial charge in [-0.25, -0.2) is 4.98 Å². The molecule has 0 aliphatic heterocycles. The third-order valence-electron chi connectivity index (χ3n) is 2.94. The van der Waals surface area contributed by atoms with Crippen molar-refractivity contribution in [1.29, 1.82) is 0 Å². The summed E-state index contributed by atoms with van der Waals surface area (Å²) in [5, 5.41) is 9.60. The number of nitrogens with one attached hydrogen (secondary N) is 2. The summed E-state index contributed by atoms with van der Waals surface area (Å²) < 4.78 is 5.81. The van der Waals surface area contributed by atoms with Gasteiger partial charge in [-0.3, -0.25) is 4.79 Å². The van der Waals surface area contributed by atoms with Gasteiger partial charge in [-0.05, 0) is 35.8 Å². The van der Waals surface area contributed by atoms with Crippen molar-refractivity contribution in [1.82, 2.24) is 15.5 Å². The number of anilines is 1. The summed E-state index contributed by atoms with van der Waals surface area (Å²) in [5.74, 6) is 1.04. The molecule has 0 fully saturated rings. The summed E-state index contributed by atoms with van der Waals surface area (Å²) in [5.41, 5.74) is 2.16. The predicted molar refractivity (Wildman–Crippen MR) is 78.6 cm³/mol. The molecule has 0 aliphatic carbocycles. The van der Waals surface area contributed by atoms with E-state index in [9.17, 15) is 4.79 Å². The standard InChI is InChI=1S/C13H15BrN4O2/c1-7-11(8(2)20-18-7)6-17-13(19)10-4-9(14)5-16-12(10)15-3/h4-5H,6H2,1-3H3,(H,15,16)(H,17,19). The van der Waals surface area contributed by atoms with Gasteiger partial charge >= 0.3 is 0 Å². The average Bonchev–Trinajstić information content (AvgIpc) is 2.75. The lowest BCUT2D eigenvalue weighted by molar-refractivity contribution is 0.0951. The molecule has 6 nitrogen and oxygen atoms in total. The number of hydrogen-bond acceptors (Lipinski definition) is 5. The van der Waals surface area contributed by atoms with Crippen molar-refractivity contribution in [3.8, 4) is 0 Å². The lowest BCUT2D eigenvalue weighted by Crippen LogP contribution is -2.24. The van der Waals surface area contributed by atoms with Crippen LogP contribution < -0.4 is 10.6 Å². The van der Waals surface area contributed by atoms with Crippen molar-refractivity contribution >= 4 is 27.7 Å². The molecule has 2 N–H and O–H groups in total. The maximum Gasteiger partial charge on any atom is 0.255 e. The number of aromatic nitrogens is 2. The van der Waals surface area contributed by atoms with Crippen LogP contribution >= 0.6 is 15.9 Å². The van der Waals surface area contributed by atoms with Crippen LogP contribution in [-0.4, -0.2) is 23.1 Å². The van der Waals surface area contributed by atoms with E-state index in [1.165, 1.54) is 0 Å². The van der Waals surface area contributed by atoms with Crippen LogP contribution in [0.3, 0.4) is 0 Å². The van der Waals surface area contributed by atoms with E-state index in [1.807, 2.05) is 13.8 Å². The zero-order valence-corrected chi connectivity index (χ0v) is 13.0. The minimum absolute atomic E-state index is 0.205. The van der Waals surface area contributed by atoms with Gasteiger partial charge in [-0.1, -0.05) is 5.16 Å². The Labute approximate surface area is 125 Å². The summed E-state index contributed by atoms with van der Waals surface area (Å²) in [6, 6.07) is 1.72. The van der Waals surface area contributed by atoms with Crippen LogP contribution in [0.5, 0.6) is 0 Å². The second kappa shape index (κ2) is 6.04. The molecule has 0 aliphatic rings. The summed E-state index contributed by atoms with van der Waals surface area (Å²) in [7, 11) is 1.72. The summed E-state index contributed by atoms with van der Waals surface area (Å²) in [6.07, 6.45) is 1.64. The molecule has 0 radical (unpaired) electrons. The number of aryl methyl sites for hydroxylation is 2. The van der Waals surface area contributed by atoms with E-state index < -0.39 is 0 Å². The van der Waals surface area contributed by atoms with Gasteiger partial charge in [-0.2, -0.15) is 0 Å². The molecule has 2 heterocycles. The Morgan fingerprint density at radius 1 is 1.45 bits per heavy atom. The van der Waals surface area contributed by atoms with Crippen LogP contribution in [0.1, 0.15) is 27.4 Å². The van der Waals surface area contributed by atoms with Crippen molar-refractivity contribution in [3.63, 3.8) is 0 Å². The van der Waals surface area contributed by atoms with Gasteiger partial charge < -0.3 is 15.2 Å². The Kier molecular flexibility index (Phi) is 4.39. The highest BCUT2D eigenvalue weighted by molar-refractivity contribution is 9.10. The molecule has 0 unspecified atom stereocenters. The molecule has 1 amide bonds. The van der Waals surface area contributed by atoms with Crippen molar-refractivity contribution < 1.29 is 9.32 Å². The lowest BCUT2D eigenvalue weighted by Gasteiger charge is -2.09. The zero-order chi connectivity index (χ0) is 14.7. The smallest absolute Gasteiger partial charge is 0.255 e. The molecular weight excluding hydrogens is 324 g/mol. The molecule has 0 spiro atoms. The molecule has 7 heteroatoms. The largest absolute Gasteiger partial charge is 0.372 e. The monoisotopic (exact) mass is 338 g/mol. The topological polar surface area (TPSA) is 80.0 Å². The second-order valence-corrected chi connectivity index (χ2v) is 5.20. The Hall–Kier alpha value is -1.89. The van der Waals surface area contributed by atoms with Gasteiger partial charge in [0.1, 0.15) is 11.6 Å². The van der Waals surface area contributed by atoms with Crippen LogP contribution in [0, 0.1) is 13.8 Å². The third kappa shape index (κ3) is 2.98. The second-order valence-electron chi connectivity index (χ2n) is 4.29. The first kappa shape index (κ1) is 14.5. The first-order valence-corrected chi connectivity index (χ1v) is 6.85. The van der Waals surface area contributed by atoms with Crippen molar-refractivity contribution in [2.24, 2.45) is 0 Å². The lowest BCUT2D eigenvalue weighted by atomic mass is 10.2. The first-order valence-electron chi connectivity index (χ1n) is 6.06. The van der Waals surface area contributed by atoms with E-state index in [2.05, 4.69) is 36.7 Å². The molecule has 0 saturated heterocycles. The van der Waals surface area contributed by atoms with Gasteiger partial charge in [0.05, 0.1) is 11.3 Å². The van der Waals surface area contributed by atoms with E-state index in [4.69, 9.17) is 4.52 Å². The highest BCUT2D eigenvalue weighted by Gasteiger charge is 2.15. The highest BCUT2D eigenvalue weighted by Crippen LogP contribution is 2.18. The fourth-order valence-electron chi connectivity index (χ4n) is 1.83. The van der Waals surface area contributed by atoms with Gasteiger partial charge in [0.15, 0.2) is 0 Å². The van der Waals surface area contributed by atoms with Crippen LogP contribution in [0.25, 0.3) is 0 Å². The molecule has 20 heavy (non-hydrogen) atoms. The van der Waals surface area contributed by atoms with E-state index in [0.29, 0.717) is 23.7 Å². The van der Waals surface area contributed by atoms with Gasteiger partial charge in [0.2, 0.25) is 0 Å². The molecule has 0 atom stereocenters. The molecule has 0 saturated carbocycles. The fraction of sp³-hybridized carbons (Fsp3) is 0.308. The summed E-state index contributed by atoms with van der Waals surface area (Å²) >= 11 is 3.31. The van der Waals surface area contributed by atoms with Gasteiger partial charge in [-0.15, -0.1) is 0 Å². The maximum atomic E-state index is 12.2. The van der Waals surface area contributed by atoms with Crippen LogP contribution in [0.4, 0.5) is 5.82 Å². The molecule has 106 valence electrons. The number of halogens is 1. The molecule has 2 aromatic rings. The number of carbonyl (C=O) groups excluding carboxylic acids is 1. The van der Waals surface area contributed by atoms with Gasteiger partial charge in [0.25, 0.3) is 5.91 Å². The number of amides is 1. The highest BCUT2D eigenvalue weighted by atomic mass is 79.9. The van der Waals surface area contributed by atoms with Crippen molar-refractivity contribution in [3.05, 3.63) is 39.3 Å². The van der Waals surface area contributed by atoms with Crippen LogP contribution in [0.15, 0.2) is 21.3 Å². The maximum absolute atomic E-state index is 12.2. The predicted octanol–water partition coefficient (Wildman–Crippen LogP) is 2.42. The molecule has 2 rings (SSSR count). The number of rotatable bonds is 4. The van der Waals surface area contributed by atoms with Crippen LogP contribution in [-0.2, 0) is 6.54 Å². The molecular formula is C13H15BrN4O2. The van der Waals surface area contributed by atoms with E-state index in [-0.39, 0.29) is 5.91 Å². The van der Waals surface area contributed by atoms with Gasteiger partial charge in [0, 0.05) is 29.8 Å². The Morgan fingerprint density at radius 2 is 2.20 bits per heavy atom. The quantitative estimate of drug-likeness (QED) is 0.894. The third-order valence-corrected chi connectivity index (χ3v) is 3.38. The molecule has 0 bridgehead atoms. The Morgan fingerprint density at radius 3 is 2.80 bits per heavy atom. The Balaban J connectivity index is 2.15. The van der Waals surface area contributed by atoms with Crippen molar-refractivity contribution in [2.75, 3.05) is 12.4 Å². The van der Waals surface area contributed by atoms with E-state index in [1.54, 1.807) is 19.3 Å². The van der Waals surface area contributed by atoms with E-state index >= 15 is 0 Å². The number of nitrogens with zero attached hydrogens (tertiary/aromatic N) is 2. The van der Waals surface area contributed by atoms with E-state index in [0.717, 1.165) is 15.7 Å². The molecule has 0 aromatic carbocycles. The zero-order valence-electron chi connectivity index (χ0n) is 11.5. The first-order chi connectivity index (χ1) is 9.52. The minimum Gasteiger partial charge on any atom is -0.372 e. The van der Waals surface area contributed by atoms with Crippen molar-refractivity contribution in [2.45, 2.75) is 20.4 Å². The minimum atomic E-state index is -0.205. The Bertz CT molecular complexity index is 620. The van der Waals surface area contributed by atoms with Crippen LogP contribution in [0.2, 0.25) is 0 Å². The fourth-order valence-corrected chi connectivity index (χ4v) is 2.16. The summed E-state index contributed by atoms with van der Waals surface area (Å²) in [4.78, 5) is 16.4. The molecule has 2 aromatic heterocycles. The number of carbonyl (C=O) groups is 1. The SMILES string of the molecule is CNc1ncc(Br)cc1C(=O)NCc1c(C)noc1C. The average molecular weight is 339 g/mol.